The van der Waals surface area contributed by atoms with Crippen LogP contribution in [-0.2, 0) is 20.8 Å². The number of hydrogen-bond donors (Lipinski definition) is 5. The molecule has 26 heavy (non-hydrogen) atoms. The number of aliphatic carboxylic acids is 1. The van der Waals surface area contributed by atoms with Crippen molar-refractivity contribution < 1.29 is 24.4 Å². The van der Waals surface area contributed by atoms with Crippen LogP contribution in [0.25, 0.3) is 10.9 Å². The van der Waals surface area contributed by atoms with E-state index in [1.807, 2.05) is 0 Å². The Morgan fingerprint density at radius 3 is 2.69 bits per heavy atom. The molecule has 0 saturated carbocycles. The van der Waals surface area contributed by atoms with E-state index in [1.165, 1.54) is 18.3 Å². The topological polar surface area (TPSA) is 180 Å². The van der Waals surface area contributed by atoms with Gasteiger partial charge < -0.3 is 26.5 Å². The molecule has 0 unspecified atom stereocenters. The number of carboxylic acid groups (broad SMARTS) is 1. The summed E-state index contributed by atoms with van der Waals surface area (Å²) in [6.45, 7) is -0.949. The van der Waals surface area contributed by atoms with Crippen LogP contribution in [0.5, 0.6) is 0 Å². The summed E-state index contributed by atoms with van der Waals surface area (Å²) in [5.41, 5.74) is 5.97. The van der Waals surface area contributed by atoms with Crippen molar-refractivity contribution in [2.75, 3.05) is 13.1 Å². The molecule has 0 aliphatic heterocycles. The van der Waals surface area contributed by atoms with Gasteiger partial charge in [-0.1, -0.05) is 12.1 Å². The third-order valence-corrected chi connectivity index (χ3v) is 3.65. The number of hydrogen-bond acceptors (Lipinski definition) is 6. The molecule has 0 fully saturated rings. The minimum absolute atomic E-state index is 0.00163. The summed E-state index contributed by atoms with van der Waals surface area (Å²) in [6.07, 6.45) is 1.50. The van der Waals surface area contributed by atoms with E-state index in [9.17, 15) is 24.5 Å². The molecule has 11 heteroatoms. The fraction of sp³-hybridized carbons (Fsp3) is 0.267. The predicted molar refractivity (Wildman–Crippen MR) is 90.3 cm³/mol. The predicted octanol–water partition coefficient (Wildman–Crippen LogP) is -0.737. The lowest BCUT2D eigenvalue weighted by atomic mass is 10.0. The van der Waals surface area contributed by atoms with Crippen LogP contribution in [0.1, 0.15) is 5.56 Å². The van der Waals surface area contributed by atoms with Gasteiger partial charge in [-0.25, -0.2) is 0 Å². The van der Waals surface area contributed by atoms with Crippen molar-refractivity contribution in [3.05, 3.63) is 40.1 Å². The van der Waals surface area contributed by atoms with Crippen molar-refractivity contribution in [3.63, 3.8) is 0 Å². The highest BCUT2D eigenvalue weighted by Gasteiger charge is 2.24. The van der Waals surface area contributed by atoms with Gasteiger partial charge in [0.1, 0.15) is 18.1 Å². The zero-order chi connectivity index (χ0) is 19.3. The van der Waals surface area contributed by atoms with E-state index in [-0.39, 0.29) is 18.7 Å². The molecule has 1 aromatic heterocycles. The van der Waals surface area contributed by atoms with E-state index < -0.39 is 35.3 Å². The molecule has 138 valence electrons. The number of carbonyl (C=O) groups is 3. The van der Waals surface area contributed by atoms with Crippen LogP contribution in [0, 0.1) is 10.1 Å². The number of fused-ring (bicyclic) bond motifs is 1. The number of para-hydroxylation sites is 1. The van der Waals surface area contributed by atoms with Crippen LogP contribution in [0.15, 0.2) is 24.4 Å². The van der Waals surface area contributed by atoms with Gasteiger partial charge >= 0.3 is 5.97 Å². The lowest BCUT2D eigenvalue weighted by Crippen LogP contribution is -2.50. The number of aromatic amines is 1. The zero-order valence-corrected chi connectivity index (χ0v) is 13.5. The Morgan fingerprint density at radius 1 is 1.35 bits per heavy atom. The third-order valence-electron chi connectivity index (χ3n) is 3.65. The van der Waals surface area contributed by atoms with Crippen molar-refractivity contribution in [1.29, 1.82) is 0 Å². The highest BCUT2D eigenvalue weighted by molar-refractivity contribution is 5.93. The van der Waals surface area contributed by atoms with Crippen molar-refractivity contribution in [2.24, 2.45) is 5.73 Å². The number of aromatic nitrogens is 1. The van der Waals surface area contributed by atoms with Gasteiger partial charge in [0.25, 0.3) is 5.69 Å². The molecule has 2 amide bonds. The fourth-order valence-corrected chi connectivity index (χ4v) is 2.49. The van der Waals surface area contributed by atoms with E-state index in [0.717, 1.165) is 0 Å². The van der Waals surface area contributed by atoms with Crippen molar-refractivity contribution in [2.45, 2.75) is 12.5 Å². The third kappa shape index (κ3) is 4.33. The number of carbonyl (C=O) groups excluding carboxylic acids is 2. The van der Waals surface area contributed by atoms with E-state index in [0.29, 0.717) is 16.5 Å². The number of nitro benzene ring substituents is 1. The quantitative estimate of drug-likeness (QED) is 0.302. The summed E-state index contributed by atoms with van der Waals surface area (Å²) >= 11 is 0. The fourth-order valence-electron chi connectivity index (χ4n) is 2.49. The Kier molecular flexibility index (Phi) is 5.86. The maximum atomic E-state index is 12.2. The van der Waals surface area contributed by atoms with Crippen molar-refractivity contribution in [1.82, 2.24) is 15.6 Å². The van der Waals surface area contributed by atoms with Gasteiger partial charge in [-0.05, 0) is 5.56 Å². The van der Waals surface area contributed by atoms with Crippen LogP contribution >= 0.6 is 0 Å². The van der Waals surface area contributed by atoms with E-state index in [1.54, 1.807) is 6.07 Å². The Balaban J connectivity index is 2.29. The van der Waals surface area contributed by atoms with Crippen LogP contribution < -0.4 is 16.4 Å². The minimum atomic E-state index is -1.23. The number of nitrogens with one attached hydrogen (secondary N) is 3. The number of nitro groups is 1. The molecule has 6 N–H and O–H groups in total. The number of nitrogens with zero attached hydrogens (tertiary/aromatic N) is 1. The molecule has 0 bridgehead atoms. The molecular formula is C15H17N5O6. The number of H-pyrrole nitrogens is 1. The van der Waals surface area contributed by atoms with E-state index in [2.05, 4.69) is 15.6 Å². The molecule has 11 nitrogen and oxygen atoms in total. The first-order valence-corrected chi connectivity index (χ1v) is 7.55. The summed E-state index contributed by atoms with van der Waals surface area (Å²) in [4.78, 5) is 47.7. The summed E-state index contributed by atoms with van der Waals surface area (Å²) in [7, 11) is 0. The summed E-state index contributed by atoms with van der Waals surface area (Å²) in [5, 5.41) is 24.9. The van der Waals surface area contributed by atoms with Gasteiger partial charge in [0, 0.05) is 24.1 Å². The second-order valence-corrected chi connectivity index (χ2v) is 5.41. The monoisotopic (exact) mass is 363 g/mol. The average Bonchev–Trinajstić information content (AvgIpc) is 3.01. The van der Waals surface area contributed by atoms with E-state index >= 15 is 0 Å². The molecule has 0 aliphatic rings. The number of carboxylic acids is 1. The van der Waals surface area contributed by atoms with Crippen LogP contribution in [0.4, 0.5) is 5.69 Å². The lowest BCUT2D eigenvalue weighted by Gasteiger charge is -2.17. The number of non-ortho nitro benzene ring substituents is 1. The largest absolute Gasteiger partial charge is 0.480 e. The molecule has 1 aromatic carbocycles. The minimum Gasteiger partial charge on any atom is -0.480 e. The first-order chi connectivity index (χ1) is 12.3. The van der Waals surface area contributed by atoms with Crippen LogP contribution in [-0.4, -0.2) is 51.9 Å². The first kappa shape index (κ1) is 18.9. The molecule has 0 spiro atoms. The van der Waals surface area contributed by atoms with Crippen molar-refractivity contribution >= 4 is 34.4 Å². The van der Waals surface area contributed by atoms with Gasteiger partial charge in [0.2, 0.25) is 11.8 Å². The summed E-state index contributed by atoms with van der Waals surface area (Å²) in [5.74, 6) is -2.52. The second-order valence-electron chi connectivity index (χ2n) is 5.41. The molecule has 1 atom stereocenters. The highest BCUT2D eigenvalue weighted by Crippen LogP contribution is 2.27. The van der Waals surface area contributed by atoms with Gasteiger partial charge in [-0.3, -0.25) is 24.5 Å². The molecule has 2 aromatic rings. The molecule has 2 rings (SSSR count). The van der Waals surface area contributed by atoms with Crippen molar-refractivity contribution in [3.8, 4) is 0 Å². The van der Waals surface area contributed by atoms with E-state index in [4.69, 9.17) is 10.8 Å². The summed E-state index contributed by atoms with van der Waals surface area (Å²) < 4.78 is 0. The molecule has 0 radical (unpaired) electrons. The molecule has 1 heterocycles. The Labute approximate surface area is 146 Å². The normalized spacial score (nSPS) is 11.7. The maximum Gasteiger partial charge on any atom is 0.322 e. The van der Waals surface area contributed by atoms with Crippen LogP contribution in [0.2, 0.25) is 0 Å². The average molecular weight is 363 g/mol. The highest BCUT2D eigenvalue weighted by atomic mass is 16.6. The maximum absolute atomic E-state index is 12.2. The second kappa shape index (κ2) is 8.07. The number of rotatable bonds is 8. The van der Waals surface area contributed by atoms with Crippen LogP contribution in [0.3, 0.4) is 0 Å². The molecule has 0 aliphatic carbocycles. The Morgan fingerprint density at radius 2 is 2.08 bits per heavy atom. The van der Waals surface area contributed by atoms with Gasteiger partial charge in [-0.2, -0.15) is 0 Å². The first-order valence-electron chi connectivity index (χ1n) is 7.55. The number of amides is 2. The standard InChI is InChI=1S/C15H17N5O6/c16-5-12(21)19-10(15(24)18-7-13(22)23)4-8-6-17-14-9(8)2-1-3-11(14)20(25)26/h1-3,6,10,17H,4-5,7,16H2,(H,18,24)(H,19,21)(H,22,23)/t10-/m0/s1. The lowest BCUT2D eigenvalue weighted by molar-refractivity contribution is -0.383. The van der Waals surface area contributed by atoms with Gasteiger partial charge in [0.15, 0.2) is 0 Å². The molecule has 0 saturated heterocycles. The SMILES string of the molecule is NCC(=O)N[C@@H](Cc1c[nH]c2c([N+](=O)[O-])cccc12)C(=O)NCC(=O)O. The number of benzene rings is 1. The Hall–Kier alpha value is -3.47. The smallest absolute Gasteiger partial charge is 0.322 e. The van der Waals surface area contributed by atoms with Gasteiger partial charge in [-0.15, -0.1) is 0 Å². The Bertz CT molecular complexity index is 861. The molecular weight excluding hydrogens is 346 g/mol. The summed E-state index contributed by atoms with van der Waals surface area (Å²) in [6, 6.07) is 3.42. The number of nitrogens with two attached hydrogens (primary N) is 1. The zero-order valence-electron chi connectivity index (χ0n) is 13.5. The van der Waals surface area contributed by atoms with Gasteiger partial charge in [0.05, 0.1) is 11.5 Å².